The van der Waals surface area contributed by atoms with Gasteiger partial charge in [0.15, 0.2) is 0 Å². The van der Waals surface area contributed by atoms with Gasteiger partial charge >= 0.3 is 23.1 Å². The molecule has 4 heteroatoms. The molecule has 1 aliphatic rings. The fourth-order valence-electron chi connectivity index (χ4n) is 2.58. The van der Waals surface area contributed by atoms with E-state index in [9.17, 15) is 10.2 Å². The van der Waals surface area contributed by atoms with Crippen molar-refractivity contribution in [3.63, 3.8) is 0 Å². The first kappa shape index (κ1) is 21.6. The minimum Gasteiger partial charge on any atom is -1.00 e. The van der Waals surface area contributed by atoms with Gasteiger partial charge in [-0.15, -0.1) is 0 Å². The quantitative estimate of drug-likeness (QED) is 0.542. The van der Waals surface area contributed by atoms with E-state index in [1.165, 1.54) is 0 Å². The van der Waals surface area contributed by atoms with Crippen LogP contribution in [0.25, 0.3) is 0 Å². The largest absolute Gasteiger partial charge is 2.00 e. The van der Waals surface area contributed by atoms with Crippen LogP contribution in [-0.2, 0) is 5.60 Å². The van der Waals surface area contributed by atoms with E-state index in [1.54, 1.807) is 0 Å². The summed E-state index contributed by atoms with van der Waals surface area (Å²) in [5.74, 6) is 0. The molecule has 0 amide bonds. The summed E-state index contributed by atoms with van der Waals surface area (Å²) >= 11 is 0. The summed E-state index contributed by atoms with van der Waals surface area (Å²) in [6, 6.07) is 22.1. The van der Waals surface area contributed by atoms with Gasteiger partial charge < -0.3 is 27.2 Å². The van der Waals surface area contributed by atoms with Gasteiger partial charge in [0, 0.05) is 6.42 Å². The van der Waals surface area contributed by atoms with E-state index in [1.807, 2.05) is 60.7 Å². The number of halogens is 1. The summed E-state index contributed by atoms with van der Waals surface area (Å²) in [5, 5.41) is 19.9. The first-order valence-electron chi connectivity index (χ1n) is 7.08. The van der Waals surface area contributed by atoms with Crippen molar-refractivity contribution in [3.05, 3.63) is 72.3 Å². The molecule has 2 atom stereocenters. The van der Waals surface area contributed by atoms with Gasteiger partial charge in [-0.25, -0.2) is 0 Å². The molecule has 0 radical (unpaired) electrons. The molecule has 0 spiro atoms. The minimum atomic E-state index is -0.807. The summed E-state index contributed by atoms with van der Waals surface area (Å²) < 4.78 is 0. The molecule has 1 saturated carbocycles. The summed E-state index contributed by atoms with van der Waals surface area (Å²) in [7, 11) is 0. The molecule has 2 aromatic rings. The Balaban J connectivity index is 0.000000472. The van der Waals surface area contributed by atoms with E-state index in [-0.39, 0.29) is 46.1 Å². The van der Waals surface area contributed by atoms with Gasteiger partial charge in [0.05, 0.1) is 11.7 Å². The average Bonchev–Trinajstić information content (AvgIpc) is 2.50. The Morgan fingerprint density at radius 1 is 1.00 bits per heavy atom. The molecule has 2 unspecified atom stereocenters. The fourth-order valence-corrected chi connectivity index (χ4v) is 2.58. The second-order valence-electron chi connectivity index (χ2n) is 5.23. The molecule has 114 valence electrons. The first-order valence-corrected chi connectivity index (χ1v) is 7.08. The number of benzene rings is 2. The number of hydrogen-bond acceptors (Lipinski definition) is 2. The average molecular weight is 374 g/mol. The number of aliphatic hydroxyl groups is 2. The smallest absolute Gasteiger partial charge is 1.00 e. The topological polar surface area (TPSA) is 40.5 Å². The van der Waals surface area contributed by atoms with Crippen molar-refractivity contribution in [1.82, 2.24) is 0 Å². The summed E-state index contributed by atoms with van der Waals surface area (Å²) in [4.78, 5) is 0. The molecule has 3 rings (SSSR count). The first-order chi connectivity index (χ1) is 9.71. The van der Waals surface area contributed by atoms with Gasteiger partial charge in [-0.2, -0.15) is 36.4 Å². The van der Waals surface area contributed by atoms with Crippen LogP contribution in [0.1, 0.15) is 31.2 Å². The number of rotatable bonds is 1. The maximum Gasteiger partial charge on any atom is 2.00 e. The van der Waals surface area contributed by atoms with Crippen LogP contribution >= 0.6 is 0 Å². The maximum absolute atomic E-state index is 10.4. The molecule has 0 bridgehead atoms. The summed E-state index contributed by atoms with van der Waals surface area (Å²) in [6.07, 6.45) is 2.58. The molecule has 0 saturated heterocycles. The van der Waals surface area contributed by atoms with E-state index < -0.39 is 5.60 Å². The van der Waals surface area contributed by atoms with Crippen LogP contribution in [0.3, 0.4) is 0 Å². The number of hydrogen-bond donors (Lipinski definition) is 2. The molecule has 1 fully saturated rings. The molecule has 0 aromatic heterocycles. The van der Waals surface area contributed by atoms with E-state index in [4.69, 9.17) is 0 Å². The van der Waals surface area contributed by atoms with Gasteiger partial charge in [0.2, 0.25) is 0 Å². The van der Waals surface area contributed by atoms with Crippen LogP contribution in [0.4, 0.5) is 0 Å². The van der Waals surface area contributed by atoms with Crippen molar-refractivity contribution < 1.29 is 27.2 Å². The van der Waals surface area contributed by atoms with Gasteiger partial charge in [0.1, 0.15) is 0 Å². The molecule has 0 aliphatic heterocycles. The van der Waals surface area contributed by atoms with E-state index in [0.29, 0.717) is 6.42 Å². The molecule has 1 aliphatic carbocycles. The summed E-state index contributed by atoms with van der Waals surface area (Å²) in [6.45, 7) is 0. The second kappa shape index (κ2) is 11.2. The predicted molar refractivity (Wildman–Crippen MR) is 85.8 cm³/mol. The van der Waals surface area contributed by atoms with Crippen LogP contribution < -0.4 is 17.0 Å². The Hall–Kier alpha value is -0.394. The third-order valence-electron chi connectivity index (χ3n) is 3.62. The van der Waals surface area contributed by atoms with Crippen molar-refractivity contribution in [1.29, 1.82) is 0 Å². The molecule has 2 aromatic carbocycles. The molecule has 2 nitrogen and oxygen atoms in total. The van der Waals surface area contributed by atoms with E-state index >= 15 is 0 Å². The predicted octanol–water partition coefficient (Wildman–Crippen LogP) is -0.0809. The summed E-state index contributed by atoms with van der Waals surface area (Å²) in [5.41, 5.74) is 0.123. The Labute approximate surface area is 159 Å². The third kappa shape index (κ3) is 6.79. The number of aliphatic hydroxyl groups excluding tert-OH is 1. The Morgan fingerprint density at radius 3 is 2.05 bits per heavy atom. The minimum absolute atomic E-state index is 0. The zero-order chi connectivity index (χ0) is 14.3. The maximum atomic E-state index is 10.4. The van der Waals surface area contributed by atoms with Crippen LogP contribution in [0.5, 0.6) is 0 Å². The Bertz CT molecular complexity index is 468. The van der Waals surface area contributed by atoms with Crippen molar-refractivity contribution in [2.24, 2.45) is 0 Å². The van der Waals surface area contributed by atoms with Crippen molar-refractivity contribution in [3.8, 4) is 0 Å². The zero-order valence-corrected chi connectivity index (χ0v) is 15.7. The van der Waals surface area contributed by atoms with E-state index in [0.717, 1.165) is 24.8 Å². The fraction of sp³-hybridized carbons (Fsp3) is 0.333. The Kier molecular flexibility index (Phi) is 11.0. The van der Waals surface area contributed by atoms with Crippen LogP contribution in [0.2, 0.25) is 0 Å². The molecular formula is C18H21BrMgO2. The molecule has 0 heterocycles. The van der Waals surface area contributed by atoms with Crippen molar-refractivity contribution in [2.75, 3.05) is 0 Å². The molecular weight excluding hydrogens is 352 g/mol. The van der Waals surface area contributed by atoms with Crippen LogP contribution in [-0.4, -0.2) is 39.4 Å². The third-order valence-corrected chi connectivity index (χ3v) is 3.62. The second-order valence-corrected chi connectivity index (χ2v) is 5.23. The zero-order valence-electron chi connectivity index (χ0n) is 12.7. The SMILES string of the molecule is OC1CCCC(O)(c2ccccc2)C1.[Br-].[Mg+2].[c-]1ccccc1. The van der Waals surface area contributed by atoms with Crippen LogP contribution in [0, 0.1) is 6.07 Å². The molecule has 2 N–H and O–H groups in total. The standard InChI is InChI=1S/C12H16O2.C6H5.BrH.Mg/c13-11-7-4-8-12(14,9-11)10-5-2-1-3-6-10;1-2-4-6-5-3-1;;/h1-3,5-6,11,13-14H,4,7-9H2;1-5H;1H;/q;-1;;+2/p-1. The normalized spacial score (nSPS) is 23.1. The Morgan fingerprint density at radius 2 is 1.59 bits per heavy atom. The van der Waals surface area contributed by atoms with Crippen molar-refractivity contribution >= 4 is 23.1 Å². The van der Waals surface area contributed by atoms with Crippen molar-refractivity contribution in [2.45, 2.75) is 37.4 Å². The van der Waals surface area contributed by atoms with E-state index in [2.05, 4.69) is 6.07 Å². The van der Waals surface area contributed by atoms with Gasteiger partial charge in [-0.1, -0.05) is 30.3 Å². The monoisotopic (exact) mass is 372 g/mol. The van der Waals surface area contributed by atoms with Gasteiger partial charge in [0.25, 0.3) is 0 Å². The molecule has 22 heavy (non-hydrogen) atoms. The van der Waals surface area contributed by atoms with Gasteiger partial charge in [-0.05, 0) is 24.8 Å². The van der Waals surface area contributed by atoms with Gasteiger partial charge in [-0.3, -0.25) is 0 Å². The van der Waals surface area contributed by atoms with Crippen LogP contribution in [0.15, 0.2) is 60.7 Å².